The van der Waals surface area contributed by atoms with Crippen molar-refractivity contribution in [3.8, 4) is 5.75 Å². The van der Waals surface area contributed by atoms with E-state index in [-0.39, 0.29) is 24.1 Å². The zero-order valence-electron chi connectivity index (χ0n) is 16.5. The van der Waals surface area contributed by atoms with Gasteiger partial charge in [0.15, 0.2) is 5.13 Å². The molecule has 0 spiro atoms. The molecule has 1 amide bonds. The van der Waals surface area contributed by atoms with Gasteiger partial charge >= 0.3 is 0 Å². The van der Waals surface area contributed by atoms with Crippen LogP contribution in [0.1, 0.15) is 10.4 Å². The van der Waals surface area contributed by atoms with E-state index in [2.05, 4.69) is 9.88 Å². The Morgan fingerprint density at radius 1 is 1.27 bits per heavy atom. The Labute approximate surface area is 184 Å². The first-order valence-electron chi connectivity index (χ1n) is 9.46. The molecule has 1 aromatic heterocycles. The number of hydrogen-bond acceptors (Lipinski definition) is 6. The molecule has 3 aromatic rings. The van der Waals surface area contributed by atoms with Gasteiger partial charge in [0.25, 0.3) is 5.91 Å². The van der Waals surface area contributed by atoms with E-state index in [0.29, 0.717) is 48.3 Å². The lowest BCUT2D eigenvalue weighted by Gasteiger charge is -2.29. The van der Waals surface area contributed by atoms with Crippen molar-refractivity contribution in [3.63, 3.8) is 0 Å². The summed E-state index contributed by atoms with van der Waals surface area (Å²) in [6.07, 6.45) is 0. The predicted molar refractivity (Wildman–Crippen MR) is 119 cm³/mol. The Bertz CT molecular complexity index is 1010. The van der Waals surface area contributed by atoms with Gasteiger partial charge in [-0.3, -0.25) is 14.6 Å². The van der Waals surface area contributed by atoms with Gasteiger partial charge in [-0.2, -0.15) is 0 Å². The number of thiazole rings is 1. The number of aromatic nitrogens is 1. The highest BCUT2D eigenvalue weighted by Crippen LogP contribution is 2.30. The highest BCUT2D eigenvalue weighted by atomic mass is 35.5. The third-order valence-electron chi connectivity index (χ3n) is 4.88. The number of fused-ring (bicyclic) bond motifs is 1. The van der Waals surface area contributed by atoms with Gasteiger partial charge in [-0.25, -0.2) is 9.37 Å². The van der Waals surface area contributed by atoms with Crippen molar-refractivity contribution in [2.24, 2.45) is 0 Å². The van der Waals surface area contributed by atoms with Crippen LogP contribution in [-0.2, 0) is 4.74 Å². The van der Waals surface area contributed by atoms with E-state index in [0.717, 1.165) is 17.8 Å². The molecule has 0 saturated carbocycles. The molecule has 1 aliphatic rings. The minimum atomic E-state index is -0.313. The average molecular weight is 452 g/mol. The maximum absolute atomic E-state index is 13.6. The van der Waals surface area contributed by atoms with Crippen LogP contribution in [0.5, 0.6) is 5.75 Å². The third kappa shape index (κ3) is 5.07. The summed E-state index contributed by atoms with van der Waals surface area (Å²) >= 11 is 1.32. The summed E-state index contributed by atoms with van der Waals surface area (Å²) in [5.41, 5.74) is 1.21. The molecule has 0 unspecified atom stereocenters. The number of nitrogens with zero attached hydrogens (tertiary/aromatic N) is 3. The van der Waals surface area contributed by atoms with Crippen molar-refractivity contribution in [1.82, 2.24) is 9.88 Å². The number of carbonyl (C=O) groups is 1. The van der Waals surface area contributed by atoms with E-state index in [4.69, 9.17) is 9.47 Å². The van der Waals surface area contributed by atoms with Crippen LogP contribution in [0.2, 0.25) is 0 Å². The number of hydrogen-bond donors (Lipinski definition) is 0. The van der Waals surface area contributed by atoms with Gasteiger partial charge in [0.05, 0.1) is 30.5 Å². The zero-order chi connectivity index (χ0) is 20.2. The van der Waals surface area contributed by atoms with E-state index >= 15 is 0 Å². The van der Waals surface area contributed by atoms with Crippen LogP contribution in [0.4, 0.5) is 9.52 Å². The summed E-state index contributed by atoms with van der Waals surface area (Å²) in [6, 6.07) is 11.5. The first-order valence-corrected chi connectivity index (χ1v) is 10.3. The van der Waals surface area contributed by atoms with Crippen LogP contribution in [0, 0.1) is 5.82 Å². The number of carbonyl (C=O) groups excluding carboxylic acids is 1. The topological polar surface area (TPSA) is 54.9 Å². The van der Waals surface area contributed by atoms with Crippen LogP contribution in [0.25, 0.3) is 10.2 Å². The highest BCUT2D eigenvalue weighted by Gasteiger charge is 2.23. The number of rotatable bonds is 6. The average Bonchev–Trinajstić information content (AvgIpc) is 3.17. The third-order valence-corrected chi connectivity index (χ3v) is 5.92. The fourth-order valence-electron chi connectivity index (χ4n) is 3.26. The Morgan fingerprint density at radius 3 is 2.83 bits per heavy atom. The maximum Gasteiger partial charge on any atom is 0.260 e. The highest BCUT2D eigenvalue weighted by molar-refractivity contribution is 7.22. The molecule has 4 rings (SSSR count). The molecule has 0 radical (unpaired) electrons. The molecular weight excluding hydrogens is 429 g/mol. The molecule has 30 heavy (non-hydrogen) atoms. The van der Waals surface area contributed by atoms with Gasteiger partial charge in [-0.05, 0) is 36.4 Å². The predicted octanol–water partition coefficient (Wildman–Crippen LogP) is 3.84. The molecule has 0 N–H and O–H groups in total. The Balaban J connectivity index is 0.00000256. The van der Waals surface area contributed by atoms with Crippen molar-refractivity contribution < 1.29 is 18.7 Å². The van der Waals surface area contributed by atoms with E-state index in [1.807, 2.05) is 0 Å². The fraction of sp³-hybridized carbons (Fsp3) is 0.333. The molecule has 1 fully saturated rings. The molecule has 9 heteroatoms. The van der Waals surface area contributed by atoms with E-state index < -0.39 is 0 Å². The largest absolute Gasteiger partial charge is 0.497 e. The molecule has 1 aliphatic heterocycles. The van der Waals surface area contributed by atoms with Gasteiger partial charge in [0.1, 0.15) is 11.6 Å². The van der Waals surface area contributed by atoms with Crippen molar-refractivity contribution in [2.75, 3.05) is 51.4 Å². The molecule has 1 saturated heterocycles. The zero-order valence-corrected chi connectivity index (χ0v) is 18.2. The summed E-state index contributed by atoms with van der Waals surface area (Å²) in [4.78, 5) is 21.9. The summed E-state index contributed by atoms with van der Waals surface area (Å²) in [5.74, 6) is 0.152. The second-order valence-electron chi connectivity index (χ2n) is 6.75. The minimum absolute atomic E-state index is 0. The lowest BCUT2D eigenvalue weighted by atomic mass is 10.2. The summed E-state index contributed by atoms with van der Waals surface area (Å²) in [5, 5.41) is 0.562. The number of morpholine rings is 1. The molecule has 160 valence electrons. The van der Waals surface area contributed by atoms with E-state index in [1.165, 1.54) is 23.5 Å². The summed E-state index contributed by atoms with van der Waals surface area (Å²) in [6.45, 7) is 4.27. The maximum atomic E-state index is 13.6. The van der Waals surface area contributed by atoms with Gasteiger partial charge in [0.2, 0.25) is 0 Å². The summed E-state index contributed by atoms with van der Waals surface area (Å²) < 4.78 is 25.0. The van der Waals surface area contributed by atoms with Crippen LogP contribution in [0.3, 0.4) is 0 Å². The van der Waals surface area contributed by atoms with Gasteiger partial charge in [-0.1, -0.05) is 17.4 Å². The summed E-state index contributed by atoms with van der Waals surface area (Å²) in [7, 11) is 1.57. The van der Waals surface area contributed by atoms with Gasteiger partial charge < -0.3 is 9.47 Å². The lowest BCUT2D eigenvalue weighted by molar-refractivity contribution is 0.0391. The van der Waals surface area contributed by atoms with Crippen LogP contribution in [0.15, 0.2) is 42.5 Å². The number of halogens is 2. The van der Waals surface area contributed by atoms with Crippen molar-refractivity contribution >= 4 is 45.0 Å². The number of ether oxygens (including phenoxy) is 2. The van der Waals surface area contributed by atoms with Crippen LogP contribution < -0.4 is 9.64 Å². The van der Waals surface area contributed by atoms with Crippen molar-refractivity contribution in [1.29, 1.82) is 0 Å². The Hall–Kier alpha value is -2.26. The lowest BCUT2D eigenvalue weighted by Crippen LogP contribution is -2.43. The second-order valence-corrected chi connectivity index (χ2v) is 7.76. The monoisotopic (exact) mass is 451 g/mol. The van der Waals surface area contributed by atoms with Crippen LogP contribution >= 0.6 is 23.7 Å². The SMILES string of the molecule is COc1cccc(C(=O)N(CCN2CCOCC2)c2nc3ccc(F)cc3s2)c1.Cl. The molecule has 0 bridgehead atoms. The van der Waals surface area contributed by atoms with E-state index in [1.54, 1.807) is 42.3 Å². The quantitative estimate of drug-likeness (QED) is 0.570. The minimum Gasteiger partial charge on any atom is -0.497 e. The van der Waals surface area contributed by atoms with Crippen LogP contribution in [-0.4, -0.2) is 62.3 Å². The first-order chi connectivity index (χ1) is 14.1. The van der Waals surface area contributed by atoms with Gasteiger partial charge in [-0.15, -0.1) is 12.4 Å². The number of anilines is 1. The fourth-order valence-corrected chi connectivity index (χ4v) is 4.28. The standard InChI is InChI=1S/C21H22FN3O3S.ClH/c1-27-17-4-2-3-15(13-17)20(26)25(8-7-24-9-11-28-12-10-24)21-23-18-6-5-16(22)14-19(18)29-21;/h2-6,13-14H,7-12H2,1H3;1H. The van der Waals surface area contributed by atoms with Crippen molar-refractivity contribution in [2.45, 2.75) is 0 Å². The number of benzene rings is 2. The Morgan fingerprint density at radius 2 is 2.07 bits per heavy atom. The number of methoxy groups -OCH3 is 1. The second kappa shape index (κ2) is 10.2. The normalized spacial score (nSPS) is 14.3. The molecule has 2 heterocycles. The Kier molecular flexibility index (Phi) is 7.60. The van der Waals surface area contributed by atoms with Crippen molar-refractivity contribution in [3.05, 3.63) is 53.8 Å². The molecule has 0 aliphatic carbocycles. The first kappa shape index (κ1) is 22.4. The molecule has 6 nitrogen and oxygen atoms in total. The number of amides is 1. The van der Waals surface area contributed by atoms with Gasteiger partial charge in [0, 0.05) is 31.7 Å². The smallest absolute Gasteiger partial charge is 0.260 e. The van der Waals surface area contributed by atoms with E-state index in [9.17, 15) is 9.18 Å². The molecule has 2 aromatic carbocycles. The molecule has 0 atom stereocenters. The molecular formula is C21H23ClFN3O3S.